The fourth-order valence-corrected chi connectivity index (χ4v) is 5.02. The van der Waals surface area contributed by atoms with E-state index in [2.05, 4.69) is 58.0 Å². The molecule has 0 unspecified atom stereocenters. The van der Waals surface area contributed by atoms with Gasteiger partial charge >= 0.3 is 0 Å². The first kappa shape index (κ1) is 22.0. The number of thiophene rings is 1. The third kappa shape index (κ3) is 5.18. The predicted molar refractivity (Wildman–Crippen MR) is 124 cm³/mol. The smallest absolute Gasteiger partial charge is 0.256 e. The number of morpholine rings is 1. The summed E-state index contributed by atoms with van der Waals surface area (Å²) in [6.07, 6.45) is 0. The lowest BCUT2D eigenvalue weighted by Gasteiger charge is -2.34. The molecule has 0 radical (unpaired) electrons. The fourth-order valence-electron chi connectivity index (χ4n) is 3.84. The van der Waals surface area contributed by atoms with Gasteiger partial charge in [0.05, 0.1) is 37.1 Å². The lowest BCUT2D eigenvalue weighted by Crippen LogP contribution is -2.43. The predicted octanol–water partition coefficient (Wildman–Crippen LogP) is 4.07. The first-order valence-corrected chi connectivity index (χ1v) is 11.7. The minimum absolute atomic E-state index is 0.120. The van der Waals surface area contributed by atoms with Gasteiger partial charge in [0.25, 0.3) is 5.91 Å². The maximum Gasteiger partial charge on any atom is 0.256 e. The van der Waals surface area contributed by atoms with Gasteiger partial charge in [-0.05, 0) is 30.9 Å². The molecule has 1 fully saturated rings. The summed E-state index contributed by atoms with van der Waals surface area (Å²) in [5.41, 5.74) is 3.37. The highest BCUT2D eigenvalue weighted by Crippen LogP contribution is 2.26. The van der Waals surface area contributed by atoms with Crippen LogP contribution in [0, 0.1) is 13.8 Å². The van der Waals surface area contributed by atoms with E-state index in [1.54, 1.807) is 16.0 Å². The Bertz CT molecular complexity index is 1010. The number of nitrogens with one attached hydrogen (secondary N) is 1. The van der Waals surface area contributed by atoms with Crippen molar-refractivity contribution in [1.29, 1.82) is 0 Å². The summed E-state index contributed by atoms with van der Waals surface area (Å²) in [4.78, 5) is 16.7. The minimum Gasteiger partial charge on any atom is -0.379 e. The van der Waals surface area contributed by atoms with E-state index in [9.17, 15) is 4.79 Å². The first-order valence-electron chi connectivity index (χ1n) is 10.4. The first-order chi connectivity index (χ1) is 15.0. The molecule has 0 aliphatic carbocycles. The number of hydrogen-bond acceptors (Lipinski definition) is 5. The van der Waals surface area contributed by atoms with Crippen molar-refractivity contribution in [3.63, 3.8) is 0 Å². The van der Waals surface area contributed by atoms with Crippen LogP contribution in [0.25, 0.3) is 0 Å². The van der Waals surface area contributed by atoms with Crippen molar-refractivity contribution in [3.05, 3.63) is 74.2 Å². The molecule has 3 aromatic rings. The highest BCUT2D eigenvalue weighted by Gasteiger charge is 2.26. The third-order valence-corrected chi connectivity index (χ3v) is 6.92. The summed E-state index contributed by atoms with van der Waals surface area (Å²) in [7, 11) is 0. The number of benzene rings is 1. The van der Waals surface area contributed by atoms with Gasteiger partial charge in [0, 0.05) is 24.5 Å². The molecule has 164 valence electrons. The van der Waals surface area contributed by atoms with Gasteiger partial charge in [-0.25, -0.2) is 4.68 Å². The summed E-state index contributed by atoms with van der Waals surface area (Å²) in [6.45, 7) is 8.05. The third-order valence-electron chi connectivity index (χ3n) is 5.56. The number of amides is 1. The molecule has 0 saturated carbocycles. The molecule has 0 bridgehead atoms. The largest absolute Gasteiger partial charge is 0.379 e. The maximum absolute atomic E-state index is 13.1. The van der Waals surface area contributed by atoms with E-state index in [1.165, 1.54) is 10.4 Å². The zero-order chi connectivity index (χ0) is 21.8. The Labute approximate surface area is 191 Å². The molecule has 1 aliphatic rings. The van der Waals surface area contributed by atoms with E-state index < -0.39 is 0 Å². The van der Waals surface area contributed by atoms with E-state index in [4.69, 9.17) is 16.3 Å². The van der Waals surface area contributed by atoms with Crippen molar-refractivity contribution in [1.82, 2.24) is 20.0 Å². The number of ether oxygens (including phenoxy) is 1. The minimum atomic E-state index is -0.188. The highest BCUT2D eigenvalue weighted by molar-refractivity contribution is 7.10. The van der Waals surface area contributed by atoms with Crippen LogP contribution in [0.15, 0.2) is 41.8 Å². The Morgan fingerprint density at radius 2 is 1.97 bits per heavy atom. The van der Waals surface area contributed by atoms with Crippen molar-refractivity contribution < 1.29 is 9.53 Å². The summed E-state index contributed by atoms with van der Waals surface area (Å²) < 4.78 is 7.19. The lowest BCUT2D eigenvalue weighted by molar-refractivity contribution is 0.0169. The van der Waals surface area contributed by atoms with E-state index >= 15 is 0 Å². The van der Waals surface area contributed by atoms with Crippen molar-refractivity contribution in [2.45, 2.75) is 26.4 Å². The molecule has 8 heteroatoms. The summed E-state index contributed by atoms with van der Waals surface area (Å²) in [5, 5.41) is 10.1. The van der Waals surface area contributed by atoms with Crippen LogP contribution in [0.2, 0.25) is 5.15 Å². The highest BCUT2D eigenvalue weighted by atomic mass is 35.5. The number of aryl methyl sites for hydroxylation is 2. The molecule has 1 amide bonds. The molecular formula is C23H27ClN4O2S. The number of nitrogens with zero attached hydrogens (tertiary/aromatic N) is 3. The van der Waals surface area contributed by atoms with Gasteiger partial charge in [0.1, 0.15) is 5.15 Å². The van der Waals surface area contributed by atoms with E-state index in [0.717, 1.165) is 18.7 Å². The van der Waals surface area contributed by atoms with Crippen molar-refractivity contribution in [2.75, 3.05) is 32.8 Å². The van der Waals surface area contributed by atoms with E-state index in [-0.39, 0.29) is 11.9 Å². The van der Waals surface area contributed by atoms with Crippen LogP contribution in [0.4, 0.5) is 0 Å². The maximum atomic E-state index is 13.1. The average Bonchev–Trinajstić information content (AvgIpc) is 3.39. The zero-order valence-electron chi connectivity index (χ0n) is 17.8. The van der Waals surface area contributed by atoms with Gasteiger partial charge in [0.15, 0.2) is 0 Å². The van der Waals surface area contributed by atoms with E-state index in [0.29, 0.717) is 42.7 Å². The van der Waals surface area contributed by atoms with E-state index in [1.807, 2.05) is 13.0 Å². The molecular weight excluding hydrogens is 432 g/mol. The van der Waals surface area contributed by atoms with Crippen molar-refractivity contribution in [3.8, 4) is 0 Å². The molecule has 2 aromatic heterocycles. The zero-order valence-corrected chi connectivity index (χ0v) is 19.4. The molecule has 31 heavy (non-hydrogen) atoms. The number of carbonyl (C=O) groups excluding carboxylic acids is 1. The van der Waals surface area contributed by atoms with Crippen LogP contribution in [0.5, 0.6) is 0 Å². The van der Waals surface area contributed by atoms with Gasteiger partial charge in [-0.1, -0.05) is 47.5 Å². The van der Waals surface area contributed by atoms with Gasteiger partial charge in [-0.3, -0.25) is 9.69 Å². The topological polar surface area (TPSA) is 59.4 Å². The van der Waals surface area contributed by atoms with Gasteiger partial charge in [-0.2, -0.15) is 5.10 Å². The second-order valence-electron chi connectivity index (χ2n) is 7.78. The van der Waals surface area contributed by atoms with Gasteiger partial charge in [0.2, 0.25) is 0 Å². The summed E-state index contributed by atoms with van der Waals surface area (Å²) in [5.74, 6) is -0.188. The van der Waals surface area contributed by atoms with Gasteiger partial charge < -0.3 is 10.1 Å². The van der Waals surface area contributed by atoms with Crippen LogP contribution in [-0.4, -0.2) is 53.4 Å². The number of carbonyl (C=O) groups is 1. The molecule has 1 saturated heterocycles. The van der Waals surface area contributed by atoms with Crippen LogP contribution in [0.1, 0.15) is 38.1 Å². The van der Waals surface area contributed by atoms with Gasteiger partial charge in [-0.15, -0.1) is 11.3 Å². The second-order valence-corrected chi connectivity index (χ2v) is 9.12. The molecule has 1 aliphatic heterocycles. The second kappa shape index (κ2) is 9.96. The SMILES string of the molecule is Cc1ccc(Cn2nc(C)c(C(=O)NC[C@@H](c3cccs3)N3CCOCC3)c2Cl)cc1. The molecule has 0 spiro atoms. The number of rotatable bonds is 7. The monoisotopic (exact) mass is 458 g/mol. The normalized spacial score (nSPS) is 15.7. The van der Waals surface area contributed by atoms with Crippen molar-refractivity contribution in [2.24, 2.45) is 0 Å². The van der Waals surface area contributed by atoms with Crippen LogP contribution in [0.3, 0.4) is 0 Å². The molecule has 1 aromatic carbocycles. The van der Waals surface area contributed by atoms with Crippen LogP contribution < -0.4 is 5.32 Å². The Kier molecular flexibility index (Phi) is 7.07. The Balaban J connectivity index is 1.47. The number of aromatic nitrogens is 2. The average molecular weight is 459 g/mol. The van der Waals surface area contributed by atoms with Crippen LogP contribution >= 0.6 is 22.9 Å². The number of hydrogen-bond donors (Lipinski definition) is 1. The molecule has 4 rings (SSSR count). The lowest BCUT2D eigenvalue weighted by atomic mass is 10.1. The molecule has 1 N–H and O–H groups in total. The standard InChI is InChI=1S/C23H27ClN4O2S/c1-16-5-7-18(8-6-16)15-28-22(24)21(17(2)26-28)23(29)25-14-19(20-4-3-13-31-20)27-9-11-30-12-10-27/h3-8,13,19H,9-12,14-15H2,1-2H3,(H,25,29)/t19-/m0/s1. The molecule has 1 atom stereocenters. The Morgan fingerprint density at radius 1 is 1.23 bits per heavy atom. The molecule has 3 heterocycles. The molecule has 6 nitrogen and oxygen atoms in total. The summed E-state index contributed by atoms with van der Waals surface area (Å²) in [6, 6.07) is 12.5. The number of halogens is 1. The van der Waals surface area contributed by atoms with Crippen LogP contribution in [-0.2, 0) is 11.3 Å². The fraction of sp³-hybridized carbons (Fsp3) is 0.391. The Morgan fingerprint density at radius 3 is 2.65 bits per heavy atom. The quantitative estimate of drug-likeness (QED) is 0.580. The Hall–Kier alpha value is -2.19. The van der Waals surface area contributed by atoms with Crippen molar-refractivity contribution >= 4 is 28.8 Å². The summed E-state index contributed by atoms with van der Waals surface area (Å²) >= 11 is 8.29.